The van der Waals surface area contributed by atoms with Crippen molar-refractivity contribution in [3.8, 4) is 11.3 Å². The Hall–Kier alpha value is -2.75. The van der Waals surface area contributed by atoms with E-state index in [-0.39, 0.29) is 0 Å². The number of hydrogen-bond donors (Lipinski definition) is 0. The number of nitrogens with zero attached hydrogens (tertiary/aromatic N) is 4. The first-order valence-corrected chi connectivity index (χ1v) is 9.83. The van der Waals surface area contributed by atoms with E-state index >= 15 is 0 Å². The molecule has 27 heavy (non-hydrogen) atoms. The third-order valence-corrected chi connectivity index (χ3v) is 5.36. The maximum atomic E-state index is 4.86. The van der Waals surface area contributed by atoms with Gasteiger partial charge >= 0.3 is 0 Å². The van der Waals surface area contributed by atoms with E-state index < -0.39 is 0 Å². The summed E-state index contributed by atoms with van der Waals surface area (Å²) in [5.41, 5.74) is 7.88. The van der Waals surface area contributed by atoms with E-state index in [9.17, 15) is 0 Å². The lowest BCUT2D eigenvalue weighted by molar-refractivity contribution is 0.718. The van der Waals surface area contributed by atoms with Crippen molar-refractivity contribution in [2.75, 3.05) is 0 Å². The van der Waals surface area contributed by atoms with E-state index in [2.05, 4.69) is 59.6 Å². The molecule has 0 amide bonds. The number of fused-ring (bicyclic) bond motifs is 3. The second-order valence-corrected chi connectivity index (χ2v) is 7.28. The fourth-order valence-corrected chi connectivity index (χ4v) is 3.87. The van der Waals surface area contributed by atoms with E-state index in [1.807, 2.05) is 13.1 Å². The van der Waals surface area contributed by atoms with Crippen LogP contribution in [0.3, 0.4) is 0 Å². The summed E-state index contributed by atoms with van der Waals surface area (Å²) in [6.45, 7) is 9.52. The highest BCUT2D eigenvalue weighted by Crippen LogP contribution is 2.32. The molecular formula is C23H26N4. The summed E-state index contributed by atoms with van der Waals surface area (Å²) in [7, 11) is 0. The molecule has 0 fully saturated rings. The van der Waals surface area contributed by atoms with Gasteiger partial charge in [-0.3, -0.25) is 0 Å². The summed E-state index contributed by atoms with van der Waals surface area (Å²) in [5, 5.41) is 2.51. The van der Waals surface area contributed by atoms with Crippen molar-refractivity contribution >= 4 is 21.9 Å². The average Bonchev–Trinajstić information content (AvgIpc) is 2.97. The molecule has 0 saturated heterocycles. The van der Waals surface area contributed by atoms with Gasteiger partial charge in [0.2, 0.25) is 0 Å². The fraction of sp³-hybridized carbons (Fsp3) is 0.348. The monoisotopic (exact) mass is 358 g/mol. The van der Waals surface area contributed by atoms with Crippen LogP contribution in [0.15, 0.2) is 36.8 Å². The zero-order valence-corrected chi connectivity index (χ0v) is 16.6. The molecule has 0 radical (unpaired) electrons. The van der Waals surface area contributed by atoms with Crippen LogP contribution in [0.4, 0.5) is 0 Å². The molecule has 0 N–H and O–H groups in total. The van der Waals surface area contributed by atoms with Crippen molar-refractivity contribution in [1.82, 2.24) is 19.5 Å². The highest BCUT2D eigenvalue weighted by atomic mass is 15.0. The van der Waals surface area contributed by atoms with Gasteiger partial charge in [0, 0.05) is 34.8 Å². The SMILES string of the molecule is CCCc1ccc2c(c1)c1cc(-c3ncnc(C)c3C)cnc1n2CCC. The van der Waals surface area contributed by atoms with Crippen LogP contribution in [-0.4, -0.2) is 19.5 Å². The Labute approximate surface area is 160 Å². The topological polar surface area (TPSA) is 43.6 Å². The van der Waals surface area contributed by atoms with Crippen molar-refractivity contribution < 1.29 is 0 Å². The van der Waals surface area contributed by atoms with Gasteiger partial charge in [-0.15, -0.1) is 0 Å². The molecule has 4 rings (SSSR count). The van der Waals surface area contributed by atoms with Crippen molar-refractivity contribution in [1.29, 1.82) is 0 Å². The summed E-state index contributed by atoms with van der Waals surface area (Å²) in [4.78, 5) is 13.7. The smallest absolute Gasteiger partial charge is 0.140 e. The molecule has 1 aromatic carbocycles. The lowest BCUT2D eigenvalue weighted by Crippen LogP contribution is -1.98. The van der Waals surface area contributed by atoms with Crippen LogP contribution >= 0.6 is 0 Å². The van der Waals surface area contributed by atoms with Crippen molar-refractivity contribution in [3.63, 3.8) is 0 Å². The minimum absolute atomic E-state index is 0.970. The zero-order chi connectivity index (χ0) is 19.0. The molecule has 138 valence electrons. The Morgan fingerprint density at radius 1 is 0.926 bits per heavy atom. The maximum Gasteiger partial charge on any atom is 0.140 e. The van der Waals surface area contributed by atoms with Gasteiger partial charge in [0.05, 0.1) is 11.2 Å². The van der Waals surface area contributed by atoms with Crippen LogP contribution in [-0.2, 0) is 13.0 Å². The zero-order valence-electron chi connectivity index (χ0n) is 16.6. The first kappa shape index (κ1) is 17.7. The van der Waals surface area contributed by atoms with Crippen LogP contribution in [0.2, 0.25) is 0 Å². The van der Waals surface area contributed by atoms with Crippen LogP contribution < -0.4 is 0 Å². The van der Waals surface area contributed by atoms with E-state index in [1.54, 1.807) is 6.33 Å². The van der Waals surface area contributed by atoms with Gasteiger partial charge in [-0.2, -0.15) is 0 Å². The Kier molecular flexibility index (Phi) is 4.65. The lowest BCUT2D eigenvalue weighted by atomic mass is 10.0. The highest BCUT2D eigenvalue weighted by molar-refractivity contribution is 6.08. The molecule has 0 spiro atoms. The lowest BCUT2D eigenvalue weighted by Gasteiger charge is -2.07. The number of benzene rings is 1. The largest absolute Gasteiger partial charge is 0.325 e. The molecule has 3 heterocycles. The van der Waals surface area contributed by atoms with Crippen LogP contribution in [0.5, 0.6) is 0 Å². The van der Waals surface area contributed by atoms with E-state index in [0.29, 0.717) is 0 Å². The summed E-state index contributed by atoms with van der Waals surface area (Å²) in [6, 6.07) is 9.12. The third-order valence-electron chi connectivity index (χ3n) is 5.36. The Bertz CT molecular complexity index is 1120. The molecular weight excluding hydrogens is 332 g/mol. The van der Waals surface area contributed by atoms with Gasteiger partial charge in [0.25, 0.3) is 0 Å². The number of aryl methyl sites for hydroxylation is 3. The van der Waals surface area contributed by atoms with Gasteiger partial charge in [0.15, 0.2) is 0 Å². The molecule has 4 heteroatoms. The van der Waals surface area contributed by atoms with E-state index in [4.69, 9.17) is 4.98 Å². The van der Waals surface area contributed by atoms with Crippen LogP contribution in [0.25, 0.3) is 33.2 Å². The summed E-state index contributed by atoms with van der Waals surface area (Å²) in [5.74, 6) is 0. The van der Waals surface area contributed by atoms with Gasteiger partial charge < -0.3 is 4.57 Å². The van der Waals surface area contributed by atoms with E-state index in [1.165, 1.54) is 21.9 Å². The molecule has 0 bridgehead atoms. The Morgan fingerprint density at radius 2 is 1.78 bits per heavy atom. The van der Waals surface area contributed by atoms with Gasteiger partial charge in [-0.1, -0.05) is 26.3 Å². The highest BCUT2D eigenvalue weighted by Gasteiger charge is 2.15. The Balaban J connectivity index is 1.99. The predicted octanol–water partition coefficient (Wildman–Crippen LogP) is 5.63. The standard InChI is InChI=1S/C23H26N4/c1-5-7-17-8-9-21-19(11-17)20-12-18(13-24-23(20)27(21)10-6-2)22-15(3)16(4)25-14-26-22/h8-9,11-14H,5-7,10H2,1-4H3. The van der Waals surface area contributed by atoms with Gasteiger partial charge in [-0.05, 0) is 56.0 Å². The fourth-order valence-electron chi connectivity index (χ4n) is 3.87. The molecule has 0 atom stereocenters. The molecule has 0 saturated carbocycles. The maximum absolute atomic E-state index is 4.86. The molecule has 0 aliphatic rings. The number of aromatic nitrogens is 4. The van der Waals surface area contributed by atoms with Gasteiger partial charge in [0.1, 0.15) is 12.0 Å². The van der Waals surface area contributed by atoms with E-state index in [0.717, 1.165) is 54.0 Å². The predicted molar refractivity (Wildman–Crippen MR) is 112 cm³/mol. The van der Waals surface area contributed by atoms with Crippen LogP contribution in [0, 0.1) is 13.8 Å². The summed E-state index contributed by atoms with van der Waals surface area (Å²) >= 11 is 0. The quantitative estimate of drug-likeness (QED) is 0.464. The molecule has 4 aromatic rings. The molecule has 0 unspecified atom stereocenters. The Morgan fingerprint density at radius 3 is 2.56 bits per heavy atom. The molecule has 3 aromatic heterocycles. The molecule has 0 aliphatic heterocycles. The van der Waals surface area contributed by atoms with Crippen molar-refractivity contribution in [2.24, 2.45) is 0 Å². The minimum Gasteiger partial charge on any atom is -0.325 e. The molecule has 4 nitrogen and oxygen atoms in total. The average molecular weight is 358 g/mol. The minimum atomic E-state index is 0.970. The number of hydrogen-bond acceptors (Lipinski definition) is 3. The van der Waals surface area contributed by atoms with Crippen molar-refractivity contribution in [2.45, 2.75) is 53.5 Å². The summed E-state index contributed by atoms with van der Waals surface area (Å²) < 4.78 is 2.35. The second kappa shape index (κ2) is 7.10. The number of pyridine rings is 1. The molecule has 0 aliphatic carbocycles. The summed E-state index contributed by atoms with van der Waals surface area (Å²) in [6.07, 6.45) is 6.94. The van der Waals surface area contributed by atoms with Crippen molar-refractivity contribution in [3.05, 3.63) is 53.6 Å². The first-order chi connectivity index (χ1) is 13.1. The third kappa shape index (κ3) is 2.99. The first-order valence-electron chi connectivity index (χ1n) is 9.83. The number of rotatable bonds is 5. The normalized spacial score (nSPS) is 11.6. The van der Waals surface area contributed by atoms with Gasteiger partial charge in [-0.25, -0.2) is 15.0 Å². The second-order valence-electron chi connectivity index (χ2n) is 7.28. The van der Waals surface area contributed by atoms with Crippen LogP contribution in [0.1, 0.15) is 43.5 Å².